The number of hydrogen-bond acceptors (Lipinski definition) is 6. The van der Waals surface area contributed by atoms with Gasteiger partial charge in [0.1, 0.15) is 0 Å². The fourth-order valence-electron chi connectivity index (χ4n) is 0.158. The van der Waals surface area contributed by atoms with Crippen LogP contribution in [0.5, 0.6) is 0 Å². The lowest BCUT2D eigenvalue weighted by Crippen LogP contribution is -1.84. The van der Waals surface area contributed by atoms with Crippen molar-refractivity contribution in [1.29, 1.82) is 0 Å². The average Bonchev–Trinajstić information content (AvgIpc) is 1.82. The molecule has 0 radical (unpaired) electrons. The van der Waals surface area contributed by atoms with Crippen LogP contribution in [0.4, 0.5) is 0 Å². The lowest BCUT2D eigenvalue weighted by Gasteiger charge is -1.74. The molecule has 0 fully saturated rings. The summed E-state index contributed by atoms with van der Waals surface area (Å²) in [6.07, 6.45) is 0.125. The average molecular weight is 131 g/mol. The minimum Gasteiger partial charge on any atom is -0.259 e. The van der Waals surface area contributed by atoms with Gasteiger partial charge in [0.25, 0.3) is 6.20 Å². The number of nitrogens with zero attached hydrogens (tertiary/aromatic N) is 3. The summed E-state index contributed by atoms with van der Waals surface area (Å²) in [6.45, 7) is 0. The Balaban J connectivity index is 4.24. The molecule has 0 amide bonds. The maximum Gasteiger partial charge on any atom is 0.308 e. The van der Waals surface area contributed by atoms with Crippen LogP contribution in [0.25, 0.3) is 0 Å². The molecule has 0 aromatic heterocycles. The van der Waals surface area contributed by atoms with Crippen LogP contribution in [0, 0.1) is 19.9 Å². The highest BCUT2D eigenvalue weighted by atomic mass is 16.6. The summed E-state index contributed by atoms with van der Waals surface area (Å²) in [4.78, 5) is 27.2. The van der Waals surface area contributed by atoms with Gasteiger partial charge in [-0.1, -0.05) is 0 Å². The first-order valence-corrected chi connectivity index (χ1v) is 1.72. The van der Waals surface area contributed by atoms with Crippen molar-refractivity contribution in [1.82, 2.24) is 0 Å². The second-order valence-corrected chi connectivity index (χ2v) is 0.955. The van der Waals surface area contributed by atoms with Crippen LogP contribution in [0.3, 0.4) is 0 Å². The van der Waals surface area contributed by atoms with Gasteiger partial charge < -0.3 is 0 Å². The zero-order valence-corrected chi connectivity index (χ0v) is 4.05. The molecule has 0 aliphatic heterocycles. The van der Waals surface area contributed by atoms with Crippen LogP contribution < -0.4 is 0 Å². The zero-order valence-electron chi connectivity index (χ0n) is 4.05. The minimum absolute atomic E-state index is 0.125. The molecule has 0 rings (SSSR count). The third-order valence-electron chi connectivity index (χ3n) is 0.408. The molecular weight excluding hydrogens is 130 g/mol. The van der Waals surface area contributed by atoms with Crippen molar-refractivity contribution < 1.29 is 4.92 Å². The standard InChI is InChI=1S/C2HN3O4/c6-3-2(4-7)1-5(8)9/h1H. The second kappa shape index (κ2) is 3.36. The molecule has 7 nitrogen and oxygen atoms in total. The Morgan fingerprint density at radius 2 is 1.89 bits per heavy atom. The van der Waals surface area contributed by atoms with Crippen molar-refractivity contribution in [3.05, 3.63) is 31.9 Å². The first kappa shape index (κ1) is 7.34. The van der Waals surface area contributed by atoms with Crippen molar-refractivity contribution in [2.24, 2.45) is 10.4 Å². The van der Waals surface area contributed by atoms with E-state index in [1.165, 1.54) is 0 Å². The highest BCUT2D eigenvalue weighted by Gasteiger charge is 2.00. The van der Waals surface area contributed by atoms with Crippen LogP contribution in [0.2, 0.25) is 0 Å². The van der Waals surface area contributed by atoms with Gasteiger partial charge in [-0.25, -0.2) is 0 Å². The zero-order chi connectivity index (χ0) is 7.28. The summed E-state index contributed by atoms with van der Waals surface area (Å²) in [5, 5.41) is 13.3. The van der Waals surface area contributed by atoms with Gasteiger partial charge in [-0.3, -0.25) is 10.1 Å². The molecule has 0 N–H and O–H groups in total. The van der Waals surface area contributed by atoms with E-state index < -0.39 is 10.7 Å². The quantitative estimate of drug-likeness (QED) is 0.317. The van der Waals surface area contributed by atoms with Crippen molar-refractivity contribution >= 4 is 0 Å². The smallest absolute Gasteiger partial charge is 0.259 e. The van der Waals surface area contributed by atoms with Gasteiger partial charge in [-0.15, -0.1) is 9.81 Å². The van der Waals surface area contributed by atoms with Crippen molar-refractivity contribution in [2.45, 2.75) is 0 Å². The van der Waals surface area contributed by atoms with Crippen LogP contribution in [0.15, 0.2) is 22.4 Å². The Bertz CT molecular complexity index is 163. The molecule has 0 atom stereocenters. The van der Waals surface area contributed by atoms with Crippen molar-refractivity contribution in [2.75, 3.05) is 0 Å². The molecule has 0 saturated carbocycles. The fraction of sp³-hybridized carbons (Fsp3) is 0. The summed E-state index contributed by atoms with van der Waals surface area (Å²) >= 11 is 0. The van der Waals surface area contributed by atoms with Gasteiger partial charge in [-0.05, 0) is 10.4 Å². The van der Waals surface area contributed by atoms with Crippen LogP contribution >= 0.6 is 0 Å². The van der Waals surface area contributed by atoms with E-state index in [1.54, 1.807) is 0 Å². The van der Waals surface area contributed by atoms with E-state index in [4.69, 9.17) is 0 Å². The van der Waals surface area contributed by atoms with Crippen LogP contribution in [0.1, 0.15) is 0 Å². The van der Waals surface area contributed by atoms with E-state index in [0.29, 0.717) is 0 Å². The molecule has 0 heterocycles. The molecule has 0 aliphatic carbocycles. The van der Waals surface area contributed by atoms with Crippen LogP contribution in [-0.2, 0) is 0 Å². The largest absolute Gasteiger partial charge is 0.308 e. The first-order valence-electron chi connectivity index (χ1n) is 1.72. The van der Waals surface area contributed by atoms with E-state index in [-0.39, 0.29) is 6.20 Å². The number of hydrogen-bond donors (Lipinski definition) is 0. The van der Waals surface area contributed by atoms with E-state index in [9.17, 15) is 19.9 Å². The molecule has 0 unspecified atom stereocenters. The molecule has 9 heavy (non-hydrogen) atoms. The second-order valence-electron chi connectivity index (χ2n) is 0.955. The Kier molecular flexibility index (Phi) is 2.74. The van der Waals surface area contributed by atoms with Gasteiger partial charge >= 0.3 is 5.82 Å². The number of nitroso groups, excluding NO2 is 2. The number of nitro groups is 1. The summed E-state index contributed by atoms with van der Waals surface area (Å²) in [7, 11) is 0. The van der Waals surface area contributed by atoms with E-state index in [2.05, 4.69) is 0 Å². The van der Waals surface area contributed by atoms with Gasteiger partial charge in [0.15, 0.2) is 0 Å². The van der Waals surface area contributed by atoms with E-state index >= 15 is 0 Å². The molecule has 0 aliphatic rings. The predicted octanol–water partition coefficient (Wildman–Crippen LogP) is 0.595. The summed E-state index contributed by atoms with van der Waals surface area (Å²) in [6, 6.07) is 0. The molecular formula is C2HN3O4. The first-order chi connectivity index (χ1) is 4.20. The van der Waals surface area contributed by atoms with Crippen LogP contribution in [-0.4, -0.2) is 4.92 Å². The summed E-state index contributed by atoms with van der Waals surface area (Å²) < 4.78 is 0. The highest BCUT2D eigenvalue weighted by molar-refractivity contribution is 4.90. The molecule has 0 saturated heterocycles. The Morgan fingerprint density at radius 1 is 1.44 bits per heavy atom. The Morgan fingerprint density at radius 3 is 2.00 bits per heavy atom. The third-order valence-corrected chi connectivity index (χ3v) is 0.408. The normalized spacial score (nSPS) is 7.56. The molecule has 0 bridgehead atoms. The van der Waals surface area contributed by atoms with Gasteiger partial charge in [0.05, 0.1) is 4.92 Å². The molecule has 48 valence electrons. The van der Waals surface area contributed by atoms with E-state index in [0.717, 1.165) is 0 Å². The maximum atomic E-state index is 9.46. The molecule has 0 aromatic rings. The topological polar surface area (TPSA) is 102 Å². The summed E-state index contributed by atoms with van der Waals surface area (Å²) in [5.41, 5.74) is 0. The Labute approximate surface area is 48.5 Å². The predicted molar refractivity (Wildman–Crippen MR) is 26.7 cm³/mol. The number of rotatable bonds is 3. The van der Waals surface area contributed by atoms with Gasteiger partial charge in [0, 0.05) is 0 Å². The highest BCUT2D eigenvalue weighted by Crippen LogP contribution is 1.94. The third kappa shape index (κ3) is 2.97. The minimum atomic E-state index is -0.988. The molecule has 0 aromatic carbocycles. The summed E-state index contributed by atoms with van der Waals surface area (Å²) in [5.74, 6) is -0.972. The lowest BCUT2D eigenvalue weighted by molar-refractivity contribution is -0.403. The lowest BCUT2D eigenvalue weighted by atomic mass is 10.8. The molecule has 7 heteroatoms. The van der Waals surface area contributed by atoms with Gasteiger partial charge in [-0.2, -0.15) is 0 Å². The van der Waals surface area contributed by atoms with Crippen molar-refractivity contribution in [3.63, 3.8) is 0 Å². The van der Waals surface area contributed by atoms with E-state index in [1.807, 2.05) is 10.4 Å². The Hall–Kier alpha value is -1.66. The SMILES string of the molecule is O=NC(=C[N+](=O)[O-])N=O. The van der Waals surface area contributed by atoms with Crippen molar-refractivity contribution in [3.8, 4) is 0 Å². The molecule has 0 spiro atoms. The maximum absolute atomic E-state index is 9.46. The van der Waals surface area contributed by atoms with Gasteiger partial charge in [0.2, 0.25) is 0 Å². The monoisotopic (exact) mass is 131 g/mol. The fourth-order valence-corrected chi connectivity index (χ4v) is 0.158.